The fraction of sp³-hybridized carbons (Fsp3) is 0.846. The summed E-state index contributed by atoms with van der Waals surface area (Å²) in [6, 6.07) is 0. The van der Waals surface area contributed by atoms with Crippen molar-refractivity contribution >= 4 is 11.8 Å². The van der Waals surface area contributed by atoms with Crippen molar-refractivity contribution in [1.82, 2.24) is 10.2 Å². The highest BCUT2D eigenvalue weighted by atomic mass is 16.2. The number of carbonyl (C=O) groups is 2. The molecule has 1 aliphatic rings. The van der Waals surface area contributed by atoms with Gasteiger partial charge in [-0.2, -0.15) is 0 Å². The number of rotatable bonds is 5. The van der Waals surface area contributed by atoms with Crippen LogP contribution in [-0.2, 0) is 9.59 Å². The summed E-state index contributed by atoms with van der Waals surface area (Å²) >= 11 is 0. The van der Waals surface area contributed by atoms with Gasteiger partial charge in [0.15, 0.2) is 0 Å². The largest absolute Gasteiger partial charge is 0.355 e. The van der Waals surface area contributed by atoms with Crippen LogP contribution >= 0.6 is 0 Å². The third kappa shape index (κ3) is 4.29. The van der Waals surface area contributed by atoms with Crippen molar-refractivity contribution in [1.29, 1.82) is 0 Å². The molecule has 0 atom stereocenters. The van der Waals surface area contributed by atoms with E-state index in [4.69, 9.17) is 5.73 Å². The number of hydrogen-bond acceptors (Lipinski definition) is 3. The Morgan fingerprint density at radius 1 is 1.28 bits per heavy atom. The summed E-state index contributed by atoms with van der Waals surface area (Å²) in [4.78, 5) is 25.1. The Labute approximate surface area is 109 Å². The standard InChI is InChI=1S/C13H25N3O2/c1-3-15-12(17)9-16(2)13(18)11-6-4-10(8-14)5-7-11/h10-11H,3-9,14H2,1-2H3,(H,15,17). The molecular formula is C13H25N3O2. The summed E-state index contributed by atoms with van der Waals surface area (Å²) in [6.45, 7) is 3.34. The molecule has 0 spiro atoms. The van der Waals surface area contributed by atoms with Crippen LogP contribution in [0.5, 0.6) is 0 Å². The molecule has 2 amide bonds. The molecular weight excluding hydrogens is 230 g/mol. The quantitative estimate of drug-likeness (QED) is 0.744. The first kappa shape index (κ1) is 15.0. The summed E-state index contributed by atoms with van der Waals surface area (Å²) in [5, 5.41) is 2.70. The first-order chi connectivity index (χ1) is 8.58. The SMILES string of the molecule is CCNC(=O)CN(C)C(=O)C1CCC(CN)CC1. The Kier molecular flexibility index (Phi) is 6.12. The van der Waals surface area contributed by atoms with E-state index >= 15 is 0 Å². The van der Waals surface area contributed by atoms with E-state index in [-0.39, 0.29) is 24.3 Å². The van der Waals surface area contributed by atoms with Crippen LogP contribution in [0.2, 0.25) is 0 Å². The minimum atomic E-state index is -0.0935. The number of likely N-dealkylation sites (N-methyl/N-ethyl adjacent to an activating group) is 2. The number of carbonyl (C=O) groups excluding carboxylic acids is 2. The van der Waals surface area contributed by atoms with Gasteiger partial charge in [-0.05, 0) is 45.1 Å². The molecule has 104 valence electrons. The highest BCUT2D eigenvalue weighted by molar-refractivity contribution is 5.85. The number of nitrogens with one attached hydrogen (secondary N) is 1. The molecule has 0 radical (unpaired) electrons. The highest BCUT2D eigenvalue weighted by Gasteiger charge is 2.28. The maximum absolute atomic E-state index is 12.1. The Morgan fingerprint density at radius 2 is 1.89 bits per heavy atom. The average Bonchev–Trinajstić information content (AvgIpc) is 2.38. The van der Waals surface area contributed by atoms with Gasteiger partial charge in [0.1, 0.15) is 0 Å². The van der Waals surface area contributed by atoms with Gasteiger partial charge in [-0.25, -0.2) is 0 Å². The van der Waals surface area contributed by atoms with Crippen LogP contribution in [0.3, 0.4) is 0 Å². The zero-order chi connectivity index (χ0) is 13.5. The maximum Gasteiger partial charge on any atom is 0.239 e. The van der Waals surface area contributed by atoms with E-state index < -0.39 is 0 Å². The Morgan fingerprint density at radius 3 is 2.39 bits per heavy atom. The third-order valence-corrected chi connectivity index (χ3v) is 3.66. The first-order valence-electron chi connectivity index (χ1n) is 6.80. The van der Waals surface area contributed by atoms with E-state index in [9.17, 15) is 9.59 Å². The van der Waals surface area contributed by atoms with Crippen molar-refractivity contribution in [2.75, 3.05) is 26.7 Å². The van der Waals surface area contributed by atoms with Crippen LogP contribution in [0.1, 0.15) is 32.6 Å². The molecule has 1 fully saturated rings. The summed E-state index contributed by atoms with van der Waals surface area (Å²) in [5.74, 6) is 0.649. The van der Waals surface area contributed by atoms with E-state index in [1.807, 2.05) is 6.92 Å². The Hall–Kier alpha value is -1.10. The molecule has 0 aromatic heterocycles. The van der Waals surface area contributed by atoms with Crippen LogP contribution in [0.25, 0.3) is 0 Å². The summed E-state index contributed by atoms with van der Waals surface area (Å²) < 4.78 is 0. The van der Waals surface area contributed by atoms with Crippen molar-refractivity contribution in [2.24, 2.45) is 17.6 Å². The molecule has 0 aliphatic heterocycles. The smallest absolute Gasteiger partial charge is 0.239 e. The van der Waals surface area contributed by atoms with Gasteiger partial charge in [-0.15, -0.1) is 0 Å². The van der Waals surface area contributed by atoms with Gasteiger partial charge in [0, 0.05) is 19.5 Å². The van der Waals surface area contributed by atoms with E-state index in [0.29, 0.717) is 12.5 Å². The number of amides is 2. The fourth-order valence-electron chi connectivity index (χ4n) is 2.50. The highest BCUT2D eigenvalue weighted by Crippen LogP contribution is 2.29. The minimum absolute atomic E-state index is 0.0761. The fourth-order valence-corrected chi connectivity index (χ4v) is 2.50. The number of hydrogen-bond donors (Lipinski definition) is 2. The maximum atomic E-state index is 12.1. The monoisotopic (exact) mass is 255 g/mol. The number of nitrogens with zero attached hydrogens (tertiary/aromatic N) is 1. The lowest BCUT2D eigenvalue weighted by Gasteiger charge is -2.29. The van der Waals surface area contributed by atoms with Gasteiger partial charge in [-0.1, -0.05) is 0 Å². The summed E-state index contributed by atoms with van der Waals surface area (Å²) in [5.41, 5.74) is 5.64. The van der Waals surface area contributed by atoms with Crippen LogP contribution < -0.4 is 11.1 Å². The Bertz CT molecular complexity index is 286. The summed E-state index contributed by atoms with van der Waals surface area (Å²) in [6.07, 6.45) is 3.87. The van der Waals surface area contributed by atoms with Gasteiger partial charge in [0.25, 0.3) is 0 Å². The van der Waals surface area contributed by atoms with Crippen LogP contribution in [-0.4, -0.2) is 43.4 Å². The molecule has 0 unspecified atom stereocenters. The van der Waals surface area contributed by atoms with Crippen LogP contribution in [0.15, 0.2) is 0 Å². The van der Waals surface area contributed by atoms with Crippen LogP contribution in [0.4, 0.5) is 0 Å². The second-order valence-electron chi connectivity index (χ2n) is 5.10. The molecule has 1 saturated carbocycles. The Balaban J connectivity index is 2.37. The molecule has 0 saturated heterocycles. The minimum Gasteiger partial charge on any atom is -0.355 e. The lowest BCUT2D eigenvalue weighted by molar-refractivity contribution is -0.139. The zero-order valence-corrected chi connectivity index (χ0v) is 11.4. The lowest BCUT2D eigenvalue weighted by atomic mass is 9.81. The first-order valence-corrected chi connectivity index (χ1v) is 6.80. The van der Waals surface area contributed by atoms with Crippen molar-refractivity contribution in [3.05, 3.63) is 0 Å². The van der Waals surface area contributed by atoms with E-state index in [1.165, 1.54) is 0 Å². The lowest BCUT2D eigenvalue weighted by Crippen LogP contribution is -2.42. The predicted octanol–water partition coefficient (Wildman–Crippen LogP) is 0.346. The number of nitrogens with two attached hydrogens (primary N) is 1. The van der Waals surface area contributed by atoms with Crippen molar-refractivity contribution in [2.45, 2.75) is 32.6 Å². The van der Waals surface area contributed by atoms with Gasteiger partial charge < -0.3 is 16.0 Å². The van der Waals surface area contributed by atoms with Crippen molar-refractivity contribution < 1.29 is 9.59 Å². The third-order valence-electron chi connectivity index (χ3n) is 3.66. The second-order valence-corrected chi connectivity index (χ2v) is 5.10. The van der Waals surface area contributed by atoms with Gasteiger partial charge in [-0.3, -0.25) is 9.59 Å². The molecule has 0 heterocycles. The van der Waals surface area contributed by atoms with E-state index in [1.54, 1.807) is 11.9 Å². The normalized spacial score (nSPS) is 23.5. The molecule has 18 heavy (non-hydrogen) atoms. The van der Waals surface area contributed by atoms with Crippen LogP contribution in [0, 0.1) is 11.8 Å². The van der Waals surface area contributed by atoms with E-state index in [0.717, 1.165) is 32.2 Å². The molecule has 1 rings (SSSR count). The zero-order valence-electron chi connectivity index (χ0n) is 11.4. The van der Waals surface area contributed by atoms with Gasteiger partial charge in [0.05, 0.1) is 6.54 Å². The van der Waals surface area contributed by atoms with Crippen molar-refractivity contribution in [3.8, 4) is 0 Å². The topological polar surface area (TPSA) is 75.4 Å². The molecule has 5 nitrogen and oxygen atoms in total. The molecule has 3 N–H and O–H groups in total. The molecule has 0 bridgehead atoms. The second kappa shape index (κ2) is 7.36. The predicted molar refractivity (Wildman–Crippen MR) is 70.8 cm³/mol. The molecule has 0 aromatic rings. The van der Waals surface area contributed by atoms with Gasteiger partial charge in [0.2, 0.25) is 11.8 Å². The molecule has 1 aliphatic carbocycles. The summed E-state index contributed by atoms with van der Waals surface area (Å²) in [7, 11) is 1.70. The molecule has 0 aromatic carbocycles. The average molecular weight is 255 g/mol. The van der Waals surface area contributed by atoms with E-state index in [2.05, 4.69) is 5.32 Å². The molecule has 5 heteroatoms. The van der Waals surface area contributed by atoms with Crippen molar-refractivity contribution in [3.63, 3.8) is 0 Å². The van der Waals surface area contributed by atoms with Gasteiger partial charge >= 0.3 is 0 Å².